The molecular weight excluding hydrogens is 411 g/mol. The van der Waals surface area contributed by atoms with E-state index in [1.54, 1.807) is 34.6 Å². The number of benzene rings is 2. The van der Waals surface area contributed by atoms with Crippen molar-refractivity contribution in [1.29, 1.82) is 0 Å². The molecule has 31 heavy (non-hydrogen) atoms. The van der Waals surface area contributed by atoms with Gasteiger partial charge in [0.2, 0.25) is 18.2 Å². The fourth-order valence-corrected chi connectivity index (χ4v) is 6.85. The summed E-state index contributed by atoms with van der Waals surface area (Å²) in [5, 5.41) is 0. The van der Waals surface area contributed by atoms with Crippen molar-refractivity contribution in [2.24, 2.45) is 0 Å². The molecule has 6 heteroatoms. The first kappa shape index (κ1) is 24.7. The number of ether oxygens (including phenoxy) is 1. The van der Waals surface area contributed by atoms with Crippen LogP contribution in [0.2, 0.25) is 0 Å². The van der Waals surface area contributed by atoms with Crippen molar-refractivity contribution in [1.82, 2.24) is 0 Å². The normalized spacial score (nSPS) is 12.4. The van der Waals surface area contributed by atoms with Crippen LogP contribution in [-0.4, -0.2) is 29.3 Å². The lowest BCUT2D eigenvalue weighted by Gasteiger charge is -2.24. The summed E-state index contributed by atoms with van der Waals surface area (Å²) in [6.45, 7) is 13.8. The Balaban J connectivity index is 2.80. The van der Waals surface area contributed by atoms with Crippen LogP contribution in [0, 0.1) is 41.5 Å². The summed E-state index contributed by atoms with van der Waals surface area (Å²) in [6, 6.07) is 7.25. The zero-order valence-corrected chi connectivity index (χ0v) is 20.5. The zero-order chi connectivity index (χ0) is 23.7. The smallest absolute Gasteiger partial charge is 0.317 e. The third-order valence-corrected chi connectivity index (χ3v) is 8.51. The Morgan fingerprint density at radius 3 is 1.39 bits per heavy atom. The monoisotopic (exact) mass is 442 g/mol. The van der Waals surface area contributed by atoms with E-state index in [4.69, 9.17) is 4.74 Å². The maximum absolute atomic E-state index is 14.4. The Morgan fingerprint density at radius 1 is 0.774 bits per heavy atom. The average Bonchev–Trinajstić information content (AvgIpc) is 2.64. The summed E-state index contributed by atoms with van der Waals surface area (Å²) < 4.78 is 19.5. The maximum atomic E-state index is 14.4. The van der Waals surface area contributed by atoms with E-state index in [9.17, 15) is 18.9 Å². The molecule has 0 aliphatic heterocycles. The molecule has 1 unspecified atom stereocenters. The Morgan fingerprint density at radius 2 is 1.10 bits per heavy atom. The molecule has 0 aliphatic carbocycles. The minimum absolute atomic E-state index is 0.0662. The quantitative estimate of drug-likeness (QED) is 0.398. The number of esters is 1. The van der Waals surface area contributed by atoms with Crippen LogP contribution >= 0.6 is 7.14 Å². The maximum Gasteiger partial charge on any atom is 0.317 e. The van der Waals surface area contributed by atoms with Crippen molar-refractivity contribution >= 4 is 24.2 Å². The lowest BCUT2D eigenvalue weighted by Crippen LogP contribution is -2.29. The van der Waals surface area contributed by atoms with E-state index in [0.717, 1.165) is 11.1 Å². The highest BCUT2D eigenvalue weighted by Crippen LogP contribution is 2.57. The van der Waals surface area contributed by atoms with E-state index in [2.05, 4.69) is 0 Å². The Labute approximate surface area is 184 Å². The minimum Gasteiger partial charge on any atom is -0.465 e. The predicted molar refractivity (Wildman–Crippen MR) is 124 cm³/mol. The summed E-state index contributed by atoms with van der Waals surface area (Å²) in [5.74, 6) is -0.808. The Hall–Kier alpha value is -2.52. The second kappa shape index (κ2) is 9.32. The third-order valence-electron chi connectivity index (χ3n) is 5.56. The van der Waals surface area contributed by atoms with Gasteiger partial charge in [-0.15, -0.1) is 0 Å². The van der Waals surface area contributed by atoms with Gasteiger partial charge in [0, 0.05) is 11.1 Å². The van der Waals surface area contributed by atoms with Gasteiger partial charge in [-0.05, 0) is 77.6 Å². The van der Waals surface area contributed by atoms with Gasteiger partial charge in [-0.25, -0.2) is 0 Å². The predicted octanol–water partition coefficient (Wildman–Crippen LogP) is 5.83. The zero-order valence-electron chi connectivity index (χ0n) is 19.6. The molecule has 2 aromatic carbocycles. The molecule has 2 rings (SSSR count). The number of aryl methyl sites for hydroxylation is 6. The van der Waals surface area contributed by atoms with Gasteiger partial charge in [-0.2, -0.15) is 0 Å². The summed E-state index contributed by atoms with van der Waals surface area (Å²) in [5.41, 5.74) is 1.95. The molecule has 0 N–H and O–H groups in total. The van der Waals surface area contributed by atoms with Gasteiger partial charge < -0.3 is 9.30 Å². The van der Waals surface area contributed by atoms with Crippen molar-refractivity contribution in [3.63, 3.8) is 0 Å². The molecule has 2 aromatic rings. The molecule has 0 aromatic heterocycles. The molecule has 0 bridgehead atoms. The largest absolute Gasteiger partial charge is 0.465 e. The number of hydrogen-bond acceptors (Lipinski definition) is 5. The SMILES string of the molecule is CCOC(=O)C(C)P(=O)(C(=O)c1c(C)cc(C)cc1C)C(=O)c1c(C)cc(C)cc1C. The molecule has 5 nitrogen and oxygen atoms in total. The van der Waals surface area contributed by atoms with Crippen molar-refractivity contribution < 1.29 is 23.7 Å². The summed E-state index contributed by atoms with van der Waals surface area (Å²) in [4.78, 5) is 40.2. The van der Waals surface area contributed by atoms with Crippen molar-refractivity contribution in [3.8, 4) is 0 Å². The van der Waals surface area contributed by atoms with E-state index in [1.165, 1.54) is 6.92 Å². The first-order valence-electron chi connectivity index (χ1n) is 10.4. The topological polar surface area (TPSA) is 77.5 Å². The van der Waals surface area contributed by atoms with Crippen LogP contribution in [0.5, 0.6) is 0 Å². The number of rotatable bonds is 7. The lowest BCUT2D eigenvalue weighted by atomic mass is 10.0. The third kappa shape index (κ3) is 4.57. The first-order valence-corrected chi connectivity index (χ1v) is 12.2. The van der Waals surface area contributed by atoms with Gasteiger partial charge in [-0.1, -0.05) is 35.4 Å². The van der Waals surface area contributed by atoms with Gasteiger partial charge in [-0.3, -0.25) is 14.4 Å². The van der Waals surface area contributed by atoms with Crippen LogP contribution < -0.4 is 0 Å². The van der Waals surface area contributed by atoms with E-state index < -0.39 is 29.8 Å². The van der Waals surface area contributed by atoms with Crippen LogP contribution in [0.25, 0.3) is 0 Å². The van der Waals surface area contributed by atoms with Crippen LogP contribution in [-0.2, 0) is 14.1 Å². The molecule has 0 aliphatic rings. The highest BCUT2D eigenvalue weighted by atomic mass is 31.2. The number of hydrogen-bond donors (Lipinski definition) is 0. The van der Waals surface area contributed by atoms with E-state index in [0.29, 0.717) is 22.3 Å². The minimum atomic E-state index is -4.41. The lowest BCUT2D eigenvalue weighted by molar-refractivity contribution is -0.142. The number of carbonyl (C=O) groups excluding carboxylic acids is 3. The highest BCUT2D eigenvalue weighted by Gasteiger charge is 2.50. The van der Waals surface area contributed by atoms with Gasteiger partial charge in [0.15, 0.2) is 0 Å². The fraction of sp³-hybridized carbons (Fsp3) is 0.400. The van der Waals surface area contributed by atoms with Crippen LogP contribution in [0.15, 0.2) is 24.3 Å². The molecule has 0 heterocycles. The second-order valence-electron chi connectivity index (χ2n) is 8.24. The highest BCUT2D eigenvalue weighted by molar-refractivity contribution is 7.96. The fourth-order valence-electron chi connectivity index (χ4n) is 4.22. The standard InChI is InChI=1S/C25H31O5P/c1-9-30-23(26)20(8)31(29,24(27)21-16(4)10-14(2)11-17(21)5)25(28)22-18(6)12-15(3)13-19(22)7/h10-13,20H,9H2,1-8H3. The van der Waals surface area contributed by atoms with Crippen LogP contribution in [0.1, 0.15) is 67.9 Å². The summed E-state index contributed by atoms with van der Waals surface area (Å²) >= 11 is 0. The Kier molecular flexibility index (Phi) is 7.44. The Bertz CT molecular complexity index is 993. The molecule has 0 amide bonds. The van der Waals surface area contributed by atoms with Gasteiger partial charge in [0.1, 0.15) is 5.66 Å². The molecule has 0 saturated carbocycles. The van der Waals surface area contributed by atoms with Gasteiger partial charge in [0.25, 0.3) is 0 Å². The number of carbonyl (C=O) groups is 3. The second-order valence-corrected chi connectivity index (χ2v) is 11.1. The van der Waals surface area contributed by atoms with Crippen molar-refractivity contribution in [2.45, 2.75) is 61.0 Å². The summed E-state index contributed by atoms with van der Waals surface area (Å²) in [6.07, 6.45) is 0. The molecule has 0 radical (unpaired) electrons. The van der Waals surface area contributed by atoms with Crippen molar-refractivity contribution in [2.75, 3.05) is 6.61 Å². The molecule has 0 saturated heterocycles. The van der Waals surface area contributed by atoms with Crippen LogP contribution in [0.3, 0.4) is 0 Å². The van der Waals surface area contributed by atoms with E-state index >= 15 is 0 Å². The van der Waals surface area contributed by atoms with E-state index in [1.807, 2.05) is 38.1 Å². The molecular formula is C25H31O5P. The van der Waals surface area contributed by atoms with E-state index in [-0.39, 0.29) is 17.7 Å². The van der Waals surface area contributed by atoms with Gasteiger partial charge >= 0.3 is 5.97 Å². The van der Waals surface area contributed by atoms with Crippen LogP contribution in [0.4, 0.5) is 0 Å². The molecule has 0 fully saturated rings. The average molecular weight is 442 g/mol. The van der Waals surface area contributed by atoms with Crippen molar-refractivity contribution in [3.05, 3.63) is 68.8 Å². The molecule has 0 spiro atoms. The molecule has 166 valence electrons. The van der Waals surface area contributed by atoms with Gasteiger partial charge in [0.05, 0.1) is 6.61 Å². The molecule has 1 atom stereocenters. The summed E-state index contributed by atoms with van der Waals surface area (Å²) in [7, 11) is -4.41. The first-order chi connectivity index (χ1) is 14.4.